The summed E-state index contributed by atoms with van der Waals surface area (Å²) in [5.41, 5.74) is 1.69. The smallest absolute Gasteiger partial charge is 0.262 e. The summed E-state index contributed by atoms with van der Waals surface area (Å²) in [4.78, 5) is 12.3. The SMILES string of the molecule is CCOc1cc2c(cc1NC(=O)COc1ccccc1Br)O[C@H](C)C2. The second-order valence-electron chi connectivity index (χ2n) is 5.79. The minimum absolute atomic E-state index is 0.0947. The van der Waals surface area contributed by atoms with Crippen LogP contribution in [0.1, 0.15) is 19.4 Å². The molecule has 1 N–H and O–H groups in total. The highest BCUT2D eigenvalue weighted by Gasteiger charge is 2.22. The number of nitrogens with one attached hydrogen (secondary N) is 1. The molecule has 1 amide bonds. The van der Waals surface area contributed by atoms with Gasteiger partial charge in [-0.1, -0.05) is 12.1 Å². The molecular formula is C19H20BrNO4. The number of halogens is 1. The van der Waals surface area contributed by atoms with E-state index in [1.165, 1.54) is 0 Å². The Morgan fingerprint density at radius 3 is 2.84 bits per heavy atom. The molecule has 2 aromatic carbocycles. The minimum Gasteiger partial charge on any atom is -0.492 e. The van der Waals surface area contributed by atoms with Gasteiger partial charge in [0.15, 0.2) is 6.61 Å². The maximum absolute atomic E-state index is 12.3. The van der Waals surface area contributed by atoms with Crippen molar-refractivity contribution in [2.75, 3.05) is 18.5 Å². The van der Waals surface area contributed by atoms with Gasteiger partial charge in [0.1, 0.15) is 23.4 Å². The Labute approximate surface area is 155 Å². The molecule has 1 aliphatic rings. The van der Waals surface area contributed by atoms with Gasteiger partial charge < -0.3 is 19.5 Å². The third-order valence-corrected chi connectivity index (χ3v) is 4.42. The van der Waals surface area contributed by atoms with Gasteiger partial charge in [0, 0.05) is 18.1 Å². The van der Waals surface area contributed by atoms with Crippen molar-refractivity contribution in [3.05, 3.63) is 46.4 Å². The van der Waals surface area contributed by atoms with Crippen molar-refractivity contribution in [3.8, 4) is 17.2 Å². The fourth-order valence-electron chi connectivity index (χ4n) is 2.70. The van der Waals surface area contributed by atoms with E-state index in [1.807, 2.05) is 44.2 Å². The van der Waals surface area contributed by atoms with Gasteiger partial charge in [-0.05, 0) is 48.0 Å². The van der Waals surface area contributed by atoms with E-state index in [2.05, 4.69) is 21.2 Å². The number of ether oxygens (including phenoxy) is 3. The van der Waals surface area contributed by atoms with Crippen LogP contribution in [0.2, 0.25) is 0 Å². The van der Waals surface area contributed by atoms with E-state index >= 15 is 0 Å². The number of rotatable bonds is 6. The highest BCUT2D eigenvalue weighted by Crippen LogP contribution is 2.38. The highest BCUT2D eigenvalue weighted by atomic mass is 79.9. The predicted octanol–water partition coefficient (Wildman–Crippen LogP) is 4.19. The van der Waals surface area contributed by atoms with Gasteiger partial charge in [0.05, 0.1) is 16.8 Å². The molecule has 0 radical (unpaired) electrons. The zero-order valence-corrected chi connectivity index (χ0v) is 15.8. The summed E-state index contributed by atoms with van der Waals surface area (Å²) in [5, 5.41) is 2.85. The molecule has 0 unspecified atom stereocenters. The largest absolute Gasteiger partial charge is 0.492 e. The van der Waals surface area contributed by atoms with Gasteiger partial charge in [-0.3, -0.25) is 4.79 Å². The lowest BCUT2D eigenvalue weighted by molar-refractivity contribution is -0.118. The molecule has 0 fully saturated rings. The number of carbonyl (C=O) groups is 1. The van der Waals surface area contributed by atoms with Crippen LogP contribution in [0.5, 0.6) is 17.2 Å². The van der Waals surface area contributed by atoms with Crippen LogP contribution in [0.3, 0.4) is 0 Å². The van der Waals surface area contributed by atoms with E-state index in [4.69, 9.17) is 14.2 Å². The van der Waals surface area contributed by atoms with Crippen molar-refractivity contribution in [2.45, 2.75) is 26.4 Å². The molecule has 0 aromatic heterocycles. The lowest BCUT2D eigenvalue weighted by atomic mass is 10.1. The molecule has 5 nitrogen and oxygen atoms in total. The summed E-state index contributed by atoms with van der Waals surface area (Å²) in [7, 11) is 0. The molecule has 0 saturated carbocycles. The van der Waals surface area contributed by atoms with E-state index in [0.29, 0.717) is 23.8 Å². The summed E-state index contributed by atoms with van der Waals surface area (Å²) in [6.45, 7) is 4.35. The average molecular weight is 406 g/mol. The summed E-state index contributed by atoms with van der Waals surface area (Å²) < 4.78 is 17.8. The second-order valence-corrected chi connectivity index (χ2v) is 6.64. The molecule has 0 aliphatic carbocycles. The molecule has 1 atom stereocenters. The topological polar surface area (TPSA) is 56.8 Å². The number of amides is 1. The summed E-state index contributed by atoms with van der Waals surface area (Å²) in [5.74, 6) is 1.79. The molecule has 6 heteroatoms. The highest BCUT2D eigenvalue weighted by molar-refractivity contribution is 9.10. The van der Waals surface area contributed by atoms with E-state index in [9.17, 15) is 4.79 Å². The van der Waals surface area contributed by atoms with E-state index < -0.39 is 0 Å². The Morgan fingerprint density at radius 2 is 2.08 bits per heavy atom. The first-order chi connectivity index (χ1) is 12.1. The van der Waals surface area contributed by atoms with Gasteiger partial charge in [-0.25, -0.2) is 0 Å². The van der Waals surface area contributed by atoms with E-state index in [1.54, 1.807) is 6.07 Å². The van der Waals surface area contributed by atoms with Crippen molar-refractivity contribution in [2.24, 2.45) is 0 Å². The molecule has 1 aliphatic heterocycles. The van der Waals surface area contributed by atoms with Crippen LogP contribution in [-0.2, 0) is 11.2 Å². The number of anilines is 1. The van der Waals surface area contributed by atoms with Gasteiger partial charge in [0.25, 0.3) is 5.91 Å². The van der Waals surface area contributed by atoms with Crippen LogP contribution >= 0.6 is 15.9 Å². The molecule has 132 valence electrons. The molecule has 25 heavy (non-hydrogen) atoms. The summed E-state index contributed by atoms with van der Waals surface area (Å²) in [6, 6.07) is 11.2. The van der Waals surface area contributed by atoms with Crippen molar-refractivity contribution >= 4 is 27.5 Å². The van der Waals surface area contributed by atoms with Crippen LogP contribution in [0.4, 0.5) is 5.69 Å². The second kappa shape index (κ2) is 7.78. The normalized spacial score (nSPS) is 15.2. The molecule has 0 bridgehead atoms. The molecular weight excluding hydrogens is 386 g/mol. The van der Waals surface area contributed by atoms with Crippen LogP contribution in [0, 0.1) is 0 Å². The number of benzene rings is 2. The first-order valence-corrected chi connectivity index (χ1v) is 8.99. The number of carbonyl (C=O) groups excluding carboxylic acids is 1. The minimum atomic E-state index is -0.261. The first-order valence-electron chi connectivity index (χ1n) is 8.20. The van der Waals surface area contributed by atoms with Crippen molar-refractivity contribution in [1.82, 2.24) is 0 Å². The molecule has 3 rings (SSSR count). The van der Waals surface area contributed by atoms with Crippen LogP contribution in [0.15, 0.2) is 40.9 Å². The molecule has 0 spiro atoms. The number of para-hydroxylation sites is 1. The molecule has 1 heterocycles. The number of fused-ring (bicyclic) bond motifs is 1. The fourth-order valence-corrected chi connectivity index (χ4v) is 3.10. The summed E-state index contributed by atoms with van der Waals surface area (Å²) >= 11 is 3.39. The van der Waals surface area contributed by atoms with Gasteiger partial charge in [-0.2, -0.15) is 0 Å². The quantitative estimate of drug-likeness (QED) is 0.782. The monoisotopic (exact) mass is 405 g/mol. The van der Waals surface area contributed by atoms with Crippen LogP contribution in [-0.4, -0.2) is 25.2 Å². The Bertz CT molecular complexity index is 778. The third-order valence-electron chi connectivity index (χ3n) is 3.77. The fraction of sp³-hybridized carbons (Fsp3) is 0.316. The predicted molar refractivity (Wildman–Crippen MR) is 99.7 cm³/mol. The Morgan fingerprint density at radius 1 is 1.28 bits per heavy atom. The number of hydrogen-bond donors (Lipinski definition) is 1. The van der Waals surface area contributed by atoms with Gasteiger partial charge >= 0.3 is 0 Å². The Balaban J connectivity index is 1.70. The Kier molecular flexibility index (Phi) is 5.48. The van der Waals surface area contributed by atoms with Crippen molar-refractivity contribution in [3.63, 3.8) is 0 Å². The third kappa shape index (κ3) is 4.25. The summed E-state index contributed by atoms with van der Waals surface area (Å²) in [6.07, 6.45) is 0.976. The zero-order valence-electron chi connectivity index (χ0n) is 14.2. The lowest BCUT2D eigenvalue weighted by Crippen LogP contribution is -2.20. The van der Waals surface area contributed by atoms with E-state index in [-0.39, 0.29) is 18.6 Å². The van der Waals surface area contributed by atoms with Gasteiger partial charge in [-0.15, -0.1) is 0 Å². The van der Waals surface area contributed by atoms with E-state index in [0.717, 1.165) is 22.2 Å². The maximum Gasteiger partial charge on any atom is 0.262 e. The Hall–Kier alpha value is -2.21. The maximum atomic E-state index is 12.3. The lowest BCUT2D eigenvalue weighted by Gasteiger charge is -2.14. The van der Waals surface area contributed by atoms with Gasteiger partial charge in [0.2, 0.25) is 0 Å². The van der Waals surface area contributed by atoms with Crippen molar-refractivity contribution < 1.29 is 19.0 Å². The standard InChI is InChI=1S/C19H20BrNO4/c1-3-23-18-9-13-8-12(2)25-17(13)10-15(18)21-19(22)11-24-16-7-5-4-6-14(16)20/h4-7,9-10,12H,3,8,11H2,1-2H3,(H,21,22)/t12-/m1/s1. The zero-order chi connectivity index (χ0) is 17.8. The first kappa shape index (κ1) is 17.6. The molecule has 0 saturated heterocycles. The van der Waals surface area contributed by atoms with Crippen LogP contribution < -0.4 is 19.5 Å². The number of hydrogen-bond acceptors (Lipinski definition) is 4. The van der Waals surface area contributed by atoms with Crippen LogP contribution in [0.25, 0.3) is 0 Å². The van der Waals surface area contributed by atoms with Crippen molar-refractivity contribution in [1.29, 1.82) is 0 Å². The average Bonchev–Trinajstić information content (AvgIpc) is 2.93. The molecule has 2 aromatic rings.